The smallest absolute Gasteiger partial charge is 0.273 e. The van der Waals surface area contributed by atoms with Gasteiger partial charge >= 0.3 is 0 Å². The standard InChI is InChI=1S/C13H17N3O2/c1-2-7-14-8-9-16-13(18)11-6-4-3-5-10(11)12(17)15-16/h3-6,14H,2,7-9H2,1H3,(H,15,17). The van der Waals surface area contributed by atoms with Crippen molar-refractivity contribution in [3.63, 3.8) is 0 Å². The Bertz CT molecular complexity index is 642. The number of aromatic nitrogens is 2. The highest BCUT2D eigenvalue weighted by Gasteiger charge is 2.05. The Labute approximate surface area is 104 Å². The van der Waals surface area contributed by atoms with Gasteiger partial charge in [-0.1, -0.05) is 19.1 Å². The summed E-state index contributed by atoms with van der Waals surface area (Å²) in [5.74, 6) is 0. The van der Waals surface area contributed by atoms with E-state index in [2.05, 4.69) is 17.3 Å². The summed E-state index contributed by atoms with van der Waals surface area (Å²) >= 11 is 0. The monoisotopic (exact) mass is 247 g/mol. The Hall–Kier alpha value is -1.88. The van der Waals surface area contributed by atoms with Gasteiger partial charge in [-0.3, -0.25) is 14.7 Å². The van der Waals surface area contributed by atoms with Crippen molar-refractivity contribution in [3.05, 3.63) is 45.0 Å². The lowest BCUT2D eigenvalue weighted by molar-refractivity contribution is 0.530. The van der Waals surface area contributed by atoms with Gasteiger partial charge in [-0.2, -0.15) is 0 Å². The van der Waals surface area contributed by atoms with Crippen molar-refractivity contribution in [2.45, 2.75) is 19.9 Å². The molecular weight excluding hydrogens is 230 g/mol. The molecule has 5 nitrogen and oxygen atoms in total. The van der Waals surface area contributed by atoms with Crippen LogP contribution in [0.2, 0.25) is 0 Å². The molecule has 2 rings (SSSR count). The fourth-order valence-electron chi connectivity index (χ4n) is 1.90. The topological polar surface area (TPSA) is 66.9 Å². The second-order valence-electron chi connectivity index (χ2n) is 4.19. The number of nitrogens with zero attached hydrogens (tertiary/aromatic N) is 1. The van der Waals surface area contributed by atoms with Gasteiger partial charge in [-0.15, -0.1) is 0 Å². The van der Waals surface area contributed by atoms with E-state index in [1.807, 2.05) is 0 Å². The molecule has 0 spiro atoms. The largest absolute Gasteiger partial charge is 0.315 e. The molecule has 5 heteroatoms. The van der Waals surface area contributed by atoms with E-state index in [0.29, 0.717) is 23.9 Å². The van der Waals surface area contributed by atoms with Gasteiger partial charge < -0.3 is 5.32 Å². The molecule has 0 amide bonds. The molecule has 0 saturated carbocycles. The Morgan fingerprint density at radius 3 is 2.61 bits per heavy atom. The fraction of sp³-hybridized carbons (Fsp3) is 0.385. The van der Waals surface area contributed by atoms with E-state index >= 15 is 0 Å². The zero-order chi connectivity index (χ0) is 13.0. The van der Waals surface area contributed by atoms with Crippen LogP contribution in [0.25, 0.3) is 10.8 Å². The summed E-state index contributed by atoms with van der Waals surface area (Å²) in [6, 6.07) is 6.87. The van der Waals surface area contributed by atoms with Gasteiger partial charge in [0.15, 0.2) is 0 Å². The van der Waals surface area contributed by atoms with Crippen molar-refractivity contribution < 1.29 is 0 Å². The highest BCUT2D eigenvalue weighted by atomic mass is 16.2. The van der Waals surface area contributed by atoms with Gasteiger partial charge in [-0.05, 0) is 25.1 Å². The number of benzene rings is 1. The Morgan fingerprint density at radius 1 is 1.17 bits per heavy atom. The summed E-state index contributed by atoms with van der Waals surface area (Å²) in [5, 5.41) is 6.71. The molecule has 0 radical (unpaired) electrons. The number of rotatable bonds is 5. The molecule has 2 N–H and O–H groups in total. The lowest BCUT2D eigenvalue weighted by Gasteiger charge is -2.07. The minimum atomic E-state index is -0.222. The lowest BCUT2D eigenvalue weighted by Crippen LogP contribution is -2.33. The van der Waals surface area contributed by atoms with E-state index < -0.39 is 0 Å². The molecule has 0 unspecified atom stereocenters. The van der Waals surface area contributed by atoms with Crippen LogP contribution in [0.1, 0.15) is 13.3 Å². The zero-order valence-corrected chi connectivity index (χ0v) is 10.4. The molecule has 0 aliphatic rings. The van der Waals surface area contributed by atoms with Crippen molar-refractivity contribution in [1.82, 2.24) is 15.1 Å². The third-order valence-electron chi connectivity index (χ3n) is 2.82. The first-order chi connectivity index (χ1) is 8.74. The molecule has 18 heavy (non-hydrogen) atoms. The summed E-state index contributed by atoms with van der Waals surface area (Å²) in [5.41, 5.74) is -0.371. The van der Waals surface area contributed by atoms with E-state index in [1.165, 1.54) is 4.68 Å². The maximum absolute atomic E-state index is 12.1. The van der Waals surface area contributed by atoms with Crippen molar-refractivity contribution in [2.75, 3.05) is 13.1 Å². The number of hydrogen-bond donors (Lipinski definition) is 2. The first-order valence-electron chi connectivity index (χ1n) is 6.16. The lowest BCUT2D eigenvalue weighted by atomic mass is 10.2. The van der Waals surface area contributed by atoms with Crippen LogP contribution in [0, 0.1) is 0 Å². The first kappa shape index (κ1) is 12.6. The maximum atomic E-state index is 12.1. The molecule has 2 aromatic rings. The van der Waals surface area contributed by atoms with E-state index in [0.717, 1.165) is 13.0 Å². The zero-order valence-electron chi connectivity index (χ0n) is 10.4. The quantitative estimate of drug-likeness (QED) is 0.764. The predicted octanol–water partition coefficient (Wildman–Crippen LogP) is 0.689. The van der Waals surface area contributed by atoms with E-state index in [4.69, 9.17) is 0 Å². The van der Waals surface area contributed by atoms with Gasteiger partial charge in [0.1, 0.15) is 0 Å². The van der Waals surface area contributed by atoms with Gasteiger partial charge in [0.2, 0.25) is 0 Å². The SMILES string of the molecule is CCCNCCn1[nH]c(=O)c2ccccc2c1=O. The van der Waals surface area contributed by atoms with Gasteiger partial charge in [0, 0.05) is 6.54 Å². The molecule has 1 heterocycles. The Balaban J connectivity index is 2.32. The van der Waals surface area contributed by atoms with Crippen LogP contribution in [-0.2, 0) is 6.54 Å². The predicted molar refractivity (Wildman–Crippen MR) is 72.0 cm³/mol. The third kappa shape index (κ3) is 2.51. The van der Waals surface area contributed by atoms with E-state index in [9.17, 15) is 9.59 Å². The normalized spacial score (nSPS) is 10.9. The number of H-pyrrole nitrogens is 1. The molecule has 0 bridgehead atoms. The van der Waals surface area contributed by atoms with Gasteiger partial charge in [-0.25, -0.2) is 4.68 Å². The van der Waals surface area contributed by atoms with Crippen LogP contribution in [0.5, 0.6) is 0 Å². The van der Waals surface area contributed by atoms with Crippen molar-refractivity contribution in [1.29, 1.82) is 0 Å². The first-order valence-corrected chi connectivity index (χ1v) is 6.16. The molecule has 0 aliphatic heterocycles. The minimum Gasteiger partial charge on any atom is -0.315 e. The summed E-state index contributed by atoms with van der Waals surface area (Å²) in [6.07, 6.45) is 1.04. The molecule has 0 atom stereocenters. The summed E-state index contributed by atoms with van der Waals surface area (Å²) < 4.78 is 1.37. The number of hydrogen-bond acceptors (Lipinski definition) is 3. The Kier molecular flexibility index (Phi) is 3.94. The maximum Gasteiger partial charge on any atom is 0.273 e. The van der Waals surface area contributed by atoms with Gasteiger partial charge in [0.25, 0.3) is 11.1 Å². The molecule has 1 aromatic carbocycles. The summed E-state index contributed by atoms with van der Waals surface area (Å²) in [4.78, 5) is 23.9. The van der Waals surface area contributed by atoms with Crippen molar-refractivity contribution in [2.24, 2.45) is 0 Å². The van der Waals surface area contributed by atoms with Crippen molar-refractivity contribution >= 4 is 10.8 Å². The minimum absolute atomic E-state index is 0.150. The number of fused-ring (bicyclic) bond motifs is 1. The average molecular weight is 247 g/mol. The van der Waals surface area contributed by atoms with Crippen molar-refractivity contribution in [3.8, 4) is 0 Å². The summed E-state index contributed by atoms with van der Waals surface area (Å²) in [6.45, 7) is 4.13. The van der Waals surface area contributed by atoms with Crippen LogP contribution < -0.4 is 16.4 Å². The number of nitrogens with one attached hydrogen (secondary N) is 2. The van der Waals surface area contributed by atoms with Crippen LogP contribution in [-0.4, -0.2) is 22.9 Å². The molecule has 0 saturated heterocycles. The molecule has 0 aliphatic carbocycles. The van der Waals surface area contributed by atoms with Crippen LogP contribution in [0.3, 0.4) is 0 Å². The highest BCUT2D eigenvalue weighted by Crippen LogP contribution is 2.01. The van der Waals surface area contributed by atoms with Crippen LogP contribution in [0.15, 0.2) is 33.9 Å². The highest BCUT2D eigenvalue weighted by molar-refractivity contribution is 5.80. The van der Waals surface area contributed by atoms with E-state index in [-0.39, 0.29) is 11.1 Å². The molecule has 1 aromatic heterocycles. The average Bonchev–Trinajstić information content (AvgIpc) is 2.40. The number of aromatic amines is 1. The Morgan fingerprint density at radius 2 is 1.89 bits per heavy atom. The summed E-state index contributed by atoms with van der Waals surface area (Å²) in [7, 11) is 0. The van der Waals surface area contributed by atoms with E-state index in [1.54, 1.807) is 24.3 Å². The fourth-order valence-corrected chi connectivity index (χ4v) is 1.90. The van der Waals surface area contributed by atoms with Crippen LogP contribution >= 0.6 is 0 Å². The molecule has 0 fully saturated rings. The third-order valence-corrected chi connectivity index (χ3v) is 2.82. The van der Waals surface area contributed by atoms with Gasteiger partial charge in [0.05, 0.1) is 17.3 Å². The molecular formula is C13H17N3O2. The van der Waals surface area contributed by atoms with Crippen LogP contribution in [0.4, 0.5) is 0 Å². The second kappa shape index (κ2) is 5.64. The second-order valence-corrected chi connectivity index (χ2v) is 4.19. The molecule has 96 valence electrons.